The van der Waals surface area contributed by atoms with Gasteiger partial charge in [0.2, 0.25) is 0 Å². The Morgan fingerprint density at radius 3 is 2.81 bits per heavy atom. The van der Waals surface area contributed by atoms with E-state index in [1.807, 2.05) is 6.92 Å². The van der Waals surface area contributed by atoms with Crippen molar-refractivity contribution in [2.75, 3.05) is 0 Å². The fourth-order valence-corrected chi connectivity index (χ4v) is 5.77. The summed E-state index contributed by atoms with van der Waals surface area (Å²) in [5.41, 5.74) is -0.772. The third-order valence-corrected chi connectivity index (χ3v) is 7.15. The molecular formula is C19H28O2. The quantitative estimate of drug-likeness (QED) is 0.736. The van der Waals surface area contributed by atoms with Gasteiger partial charge in [-0.25, -0.2) is 0 Å². The van der Waals surface area contributed by atoms with Gasteiger partial charge >= 0.3 is 0 Å². The topological polar surface area (TPSA) is 37.3 Å². The van der Waals surface area contributed by atoms with Crippen molar-refractivity contribution in [3.05, 3.63) is 11.6 Å². The predicted octanol–water partition coefficient (Wildman–Crippen LogP) is 3.88. The van der Waals surface area contributed by atoms with Crippen LogP contribution in [-0.4, -0.2) is 17.0 Å². The van der Waals surface area contributed by atoms with E-state index in [0.717, 1.165) is 25.7 Å². The molecule has 0 aromatic heterocycles. The van der Waals surface area contributed by atoms with Crippen LogP contribution in [0.2, 0.25) is 0 Å². The lowest BCUT2D eigenvalue weighted by atomic mass is 9.47. The molecule has 0 spiro atoms. The van der Waals surface area contributed by atoms with Crippen LogP contribution < -0.4 is 0 Å². The molecule has 3 fully saturated rings. The number of aliphatic hydroxyl groups excluding tert-OH is 1. The Morgan fingerprint density at radius 2 is 2.00 bits per heavy atom. The number of rotatable bonds is 0. The summed E-state index contributed by atoms with van der Waals surface area (Å²) in [6, 6.07) is -0.438. The second-order valence-electron chi connectivity index (χ2n) is 8.00. The van der Waals surface area contributed by atoms with E-state index in [4.69, 9.17) is 6.85 Å². The molecule has 2 heteroatoms. The number of hydrogen-bond acceptors (Lipinski definition) is 2. The van der Waals surface area contributed by atoms with Gasteiger partial charge in [0.05, 0.1) is 7.47 Å². The molecule has 0 unspecified atom stereocenters. The molecule has 0 bridgehead atoms. The second-order valence-corrected chi connectivity index (χ2v) is 8.00. The maximum absolute atomic E-state index is 12.3. The summed E-state index contributed by atoms with van der Waals surface area (Å²) in [4.78, 5) is 12.3. The van der Waals surface area contributed by atoms with Gasteiger partial charge in [-0.3, -0.25) is 4.79 Å². The largest absolute Gasteiger partial charge is 0.393 e. The first-order valence-corrected chi connectivity index (χ1v) is 8.29. The minimum Gasteiger partial charge on any atom is -0.393 e. The van der Waals surface area contributed by atoms with Gasteiger partial charge in [-0.05, 0) is 79.5 Å². The number of carbonyl (C=O) groups is 1. The van der Waals surface area contributed by atoms with Crippen LogP contribution >= 0.6 is 0 Å². The summed E-state index contributed by atoms with van der Waals surface area (Å²) < 4.78 is 41.9. The van der Waals surface area contributed by atoms with Crippen molar-refractivity contribution in [1.82, 2.24) is 0 Å². The molecule has 116 valence electrons. The summed E-state index contributed by atoms with van der Waals surface area (Å²) in [5, 5.41) is 10.5. The monoisotopic (exact) mass is 293 g/mol. The normalized spacial score (nSPS) is 61.5. The molecule has 4 rings (SSSR count). The molecule has 1 N–H and O–H groups in total. The van der Waals surface area contributed by atoms with Crippen LogP contribution in [-0.2, 0) is 4.79 Å². The standard InChI is InChI=1S/C19H28O2/c1-18-9-7-13(20)11-12(18)3-4-14-15-5-6-17(21)19(15,2)10-8-16(14)18/h11,14-17,21H,3-10H2,1-2H3/t14-,15-,16-,17-,18-,19-/m0/s1/i3D2,7D2,11D. The van der Waals surface area contributed by atoms with Crippen LogP contribution in [0.1, 0.15) is 72.0 Å². The Balaban J connectivity index is 1.85. The first-order valence-electron chi connectivity index (χ1n) is 10.8. The van der Waals surface area contributed by atoms with Crippen molar-refractivity contribution >= 4 is 5.78 Å². The summed E-state index contributed by atoms with van der Waals surface area (Å²) >= 11 is 0. The average Bonchev–Trinajstić information content (AvgIpc) is 2.79. The van der Waals surface area contributed by atoms with Crippen molar-refractivity contribution < 1.29 is 16.8 Å². The van der Waals surface area contributed by atoms with Crippen molar-refractivity contribution in [1.29, 1.82) is 0 Å². The van der Waals surface area contributed by atoms with Gasteiger partial charge in [0.25, 0.3) is 0 Å². The first-order chi connectivity index (χ1) is 11.8. The minimum atomic E-state index is -2.11. The Labute approximate surface area is 135 Å². The highest BCUT2D eigenvalue weighted by molar-refractivity contribution is 5.91. The molecule has 4 aliphatic carbocycles. The molecule has 6 atom stereocenters. The summed E-state index contributed by atoms with van der Waals surface area (Å²) in [5.74, 6) is -0.522. The van der Waals surface area contributed by atoms with Gasteiger partial charge in [-0.15, -0.1) is 0 Å². The van der Waals surface area contributed by atoms with Crippen LogP contribution in [0.4, 0.5) is 0 Å². The molecule has 0 amide bonds. The Morgan fingerprint density at radius 1 is 1.19 bits per heavy atom. The molecule has 0 aromatic rings. The van der Waals surface area contributed by atoms with E-state index in [-0.39, 0.29) is 47.7 Å². The lowest BCUT2D eigenvalue weighted by molar-refractivity contribution is -0.118. The van der Waals surface area contributed by atoms with Gasteiger partial charge in [0, 0.05) is 11.9 Å². The average molecular weight is 293 g/mol. The molecule has 4 aliphatic rings. The van der Waals surface area contributed by atoms with E-state index in [1.54, 1.807) is 0 Å². The van der Waals surface area contributed by atoms with Crippen molar-refractivity contribution in [2.24, 2.45) is 28.6 Å². The molecule has 2 nitrogen and oxygen atoms in total. The Kier molecular flexibility index (Phi) is 2.01. The number of aliphatic hydroxyl groups is 1. The van der Waals surface area contributed by atoms with E-state index in [9.17, 15) is 9.90 Å². The first kappa shape index (κ1) is 9.50. The third-order valence-electron chi connectivity index (χ3n) is 7.15. The zero-order chi connectivity index (χ0) is 19.3. The molecule has 21 heavy (non-hydrogen) atoms. The number of hydrogen-bond donors (Lipinski definition) is 1. The zero-order valence-electron chi connectivity index (χ0n) is 17.9. The van der Waals surface area contributed by atoms with E-state index in [0.29, 0.717) is 0 Å². The lowest BCUT2D eigenvalue weighted by Gasteiger charge is -2.57. The van der Waals surface area contributed by atoms with Crippen LogP contribution in [0.5, 0.6) is 0 Å². The summed E-state index contributed by atoms with van der Waals surface area (Å²) in [6.45, 7) is 4.00. The third kappa shape index (κ3) is 1.78. The van der Waals surface area contributed by atoms with Crippen LogP contribution in [0.25, 0.3) is 0 Å². The molecule has 0 radical (unpaired) electrons. The van der Waals surface area contributed by atoms with E-state index in [1.165, 1.54) is 0 Å². The van der Waals surface area contributed by atoms with E-state index < -0.39 is 30.0 Å². The van der Waals surface area contributed by atoms with Gasteiger partial charge in [-0.1, -0.05) is 19.4 Å². The van der Waals surface area contributed by atoms with Crippen LogP contribution in [0.3, 0.4) is 0 Å². The SMILES string of the molecule is [2H]C1=C2C([2H])([2H])C[C@H]3[C@@H]4CC[C@H](O)[C@@]4(C)CC[C@@H]3[C@@]2(C)CC([2H])([2H])C1=O. The highest BCUT2D eigenvalue weighted by Gasteiger charge is 2.58. The highest BCUT2D eigenvalue weighted by Crippen LogP contribution is 2.65. The number of allylic oxidation sites excluding steroid dienone is 1. The lowest BCUT2D eigenvalue weighted by Crippen LogP contribution is -2.51. The number of ketones is 1. The van der Waals surface area contributed by atoms with E-state index in [2.05, 4.69) is 6.92 Å². The molecule has 0 heterocycles. The Bertz CT molecular complexity index is 702. The minimum absolute atomic E-state index is 0.0385. The van der Waals surface area contributed by atoms with Gasteiger partial charge < -0.3 is 5.11 Å². The van der Waals surface area contributed by atoms with Crippen molar-refractivity contribution in [2.45, 2.75) is 71.2 Å². The molecule has 0 aliphatic heterocycles. The Hall–Kier alpha value is -0.630. The smallest absolute Gasteiger partial charge is 0.155 e. The van der Waals surface area contributed by atoms with E-state index >= 15 is 0 Å². The zero-order valence-corrected chi connectivity index (χ0v) is 12.9. The maximum Gasteiger partial charge on any atom is 0.155 e. The van der Waals surface area contributed by atoms with Gasteiger partial charge in [-0.2, -0.15) is 0 Å². The molecule has 0 saturated heterocycles. The predicted molar refractivity (Wildman–Crippen MR) is 82.7 cm³/mol. The molecule has 3 saturated carbocycles. The van der Waals surface area contributed by atoms with Gasteiger partial charge in [0.15, 0.2) is 5.78 Å². The summed E-state index contributed by atoms with van der Waals surface area (Å²) in [7, 11) is 0. The molecule has 0 aromatic carbocycles. The maximum atomic E-state index is 12.3. The van der Waals surface area contributed by atoms with Gasteiger partial charge in [0.1, 0.15) is 0 Å². The number of fused-ring (bicyclic) bond motifs is 5. The van der Waals surface area contributed by atoms with Crippen molar-refractivity contribution in [3.8, 4) is 0 Å². The highest BCUT2D eigenvalue weighted by atomic mass is 16.3. The second kappa shape index (κ2) is 4.44. The molecular weight excluding hydrogens is 260 g/mol. The fourth-order valence-electron chi connectivity index (χ4n) is 5.77. The number of carbonyl (C=O) groups excluding carboxylic acids is 1. The summed E-state index contributed by atoms with van der Waals surface area (Å²) in [6.07, 6.45) is -0.737. The van der Waals surface area contributed by atoms with Crippen LogP contribution in [0.15, 0.2) is 11.6 Å². The fraction of sp³-hybridized carbons (Fsp3) is 0.842. The van der Waals surface area contributed by atoms with Crippen LogP contribution in [0, 0.1) is 28.6 Å². The van der Waals surface area contributed by atoms with Crippen molar-refractivity contribution in [3.63, 3.8) is 0 Å².